The predicted octanol–water partition coefficient (Wildman–Crippen LogP) is 2.28. The van der Waals surface area contributed by atoms with Crippen LogP contribution in [-0.2, 0) is 14.8 Å². The van der Waals surface area contributed by atoms with Crippen LogP contribution >= 0.6 is 24.0 Å². The molecule has 1 aliphatic rings. The molecule has 1 saturated heterocycles. The predicted molar refractivity (Wildman–Crippen MR) is 90.1 cm³/mol. The van der Waals surface area contributed by atoms with Gasteiger partial charge < -0.3 is 10.5 Å². The van der Waals surface area contributed by atoms with Crippen molar-refractivity contribution in [3.8, 4) is 0 Å². The molecule has 0 aromatic heterocycles. The van der Waals surface area contributed by atoms with E-state index in [9.17, 15) is 8.42 Å². The summed E-state index contributed by atoms with van der Waals surface area (Å²) in [5.74, 6) is 0. The lowest BCUT2D eigenvalue weighted by Gasteiger charge is -2.31. The third-order valence-electron chi connectivity index (χ3n) is 3.54. The molecule has 0 radical (unpaired) electrons. The molecule has 0 bridgehead atoms. The number of sulfonamides is 1. The van der Waals surface area contributed by atoms with E-state index in [2.05, 4.69) is 0 Å². The summed E-state index contributed by atoms with van der Waals surface area (Å²) < 4.78 is 32.2. The smallest absolute Gasteiger partial charge is 0.243 e. The first kappa shape index (κ1) is 19.7. The highest BCUT2D eigenvalue weighted by molar-refractivity contribution is 7.89. The van der Waals surface area contributed by atoms with Crippen molar-refractivity contribution in [2.45, 2.75) is 30.3 Å². The van der Waals surface area contributed by atoms with Crippen molar-refractivity contribution in [1.29, 1.82) is 0 Å². The Morgan fingerprint density at radius 1 is 1.32 bits per heavy atom. The molecular weight excluding hydrogens is 347 g/mol. The molecule has 2 rings (SSSR count). The number of nitrogens with zero attached hydrogens (tertiary/aromatic N) is 1. The molecule has 8 heteroatoms. The lowest BCUT2D eigenvalue weighted by Crippen LogP contribution is -2.41. The highest BCUT2D eigenvalue weighted by atomic mass is 35.5. The molecule has 0 atom stereocenters. The van der Waals surface area contributed by atoms with Crippen molar-refractivity contribution in [2.75, 3.05) is 26.2 Å². The second-order valence-electron chi connectivity index (χ2n) is 5.07. The zero-order valence-corrected chi connectivity index (χ0v) is 14.7. The minimum absolute atomic E-state index is 0. The summed E-state index contributed by atoms with van der Waals surface area (Å²) in [6.07, 6.45) is 2.39. The molecule has 0 unspecified atom stereocenters. The van der Waals surface area contributed by atoms with Crippen LogP contribution in [0.2, 0.25) is 5.02 Å². The fourth-order valence-corrected chi connectivity index (χ4v) is 4.12. The Hall–Kier alpha value is -0.370. The molecule has 1 aliphatic heterocycles. The van der Waals surface area contributed by atoms with E-state index in [1.165, 1.54) is 10.4 Å². The van der Waals surface area contributed by atoms with Crippen LogP contribution in [0, 0.1) is 0 Å². The van der Waals surface area contributed by atoms with Gasteiger partial charge in [0, 0.05) is 24.7 Å². The molecule has 1 heterocycles. The number of hydrogen-bond donors (Lipinski definition) is 1. The lowest BCUT2D eigenvalue weighted by molar-refractivity contribution is 0.0209. The monoisotopic (exact) mass is 368 g/mol. The van der Waals surface area contributed by atoms with Crippen molar-refractivity contribution in [2.24, 2.45) is 5.73 Å². The van der Waals surface area contributed by atoms with Gasteiger partial charge in [0.15, 0.2) is 0 Å². The standard InChI is InChI=1S/C14H21ClN2O3S.ClH/c15-12-3-1-4-14(11-12)21(18,19)17-8-5-13(6-9-17)20-10-2-7-16;/h1,3-4,11,13H,2,5-10,16H2;1H. The number of benzene rings is 1. The number of nitrogens with two attached hydrogens (primary N) is 1. The normalized spacial score (nSPS) is 17.2. The second kappa shape index (κ2) is 9.05. The van der Waals surface area contributed by atoms with Gasteiger partial charge in [0.2, 0.25) is 10.0 Å². The van der Waals surface area contributed by atoms with Crippen LogP contribution in [0.15, 0.2) is 29.2 Å². The third-order valence-corrected chi connectivity index (χ3v) is 5.67. The number of rotatable bonds is 6. The second-order valence-corrected chi connectivity index (χ2v) is 7.45. The van der Waals surface area contributed by atoms with Crippen molar-refractivity contribution in [1.82, 2.24) is 4.31 Å². The quantitative estimate of drug-likeness (QED) is 0.781. The minimum atomic E-state index is -3.46. The van der Waals surface area contributed by atoms with E-state index < -0.39 is 10.0 Å². The molecule has 126 valence electrons. The van der Waals surface area contributed by atoms with Crippen LogP contribution < -0.4 is 5.73 Å². The van der Waals surface area contributed by atoms with Crippen molar-refractivity contribution < 1.29 is 13.2 Å². The maximum absolute atomic E-state index is 12.5. The lowest BCUT2D eigenvalue weighted by atomic mass is 10.1. The van der Waals surface area contributed by atoms with Crippen molar-refractivity contribution in [3.05, 3.63) is 29.3 Å². The fourth-order valence-electron chi connectivity index (χ4n) is 2.35. The van der Waals surface area contributed by atoms with Gasteiger partial charge in [-0.25, -0.2) is 8.42 Å². The molecule has 1 fully saturated rings. The Labute approximate surface area is 143 Å². The molecule has 1 aromatic carbocycles. The summed E-state index contributed by atoms with van der Waals surface area (Å²) in [6, 6.07) is 6.38. The van der Waals surface area contributed by atoms with Crippen LogP contribution in [0.4, 0.5) is 0 Å². The number of hydrogen-bond acceptors (Lipinski definition) is 4. The van der Waals surface area contributed by atoms with Crippen LogP contribution in [-0.4, -0.2) is 45.1 Å². The third kappa shape index (κ3) is 5.08. The maximum Gasteiger partial charge on any atom is 0.243 e. The zero-order valence-electron chi connectivity index (χ0n) is 12.3. The first-order valence-electron chi connectivity index (χ1n) is 7.11. The van der Waals surface area contributed by atoms with E-state index in [1.54, 1.807) is 18.2 Å². The SMILES string of the molecule is Cl.NCCCOC1CCN(S(=O)(=O)c2cccc(Cl)c2)CC1. The zero-order chi connectivity index (χ0) is 15.3. The number of halogens is 2. The molecule has 0 saturated carbocycles. The Balaban J connectivity index is 0.00000242. The molecule has 0 spiro atoms. The van der Waals surface area contributed by atoms with Crippen molar-refractivity contribution in [3.63, 3.8) is 0 Å². The van der Waals surface area contributed by atoms with E-state index >= 15 is 0 Å². The van der Waals surface area contributed by atoms with E-state index in [0.29, 0.717) is 44.1 Å². The number of piperidine rings is 1. The Bertz CT molecular complexity index is 561. The topological polar surface area (TPSA) is 72.6 Å². The molecule has 2 N–H and O–H groups in total. The summed E-state index contributed by atoms with van der Waals surface area (Å²) in [6.45, 7) is 2.20. The maximum atomic E-state index is 12.5. The van der Waals surface area contributed by atoms with Gasteiger partial charge in [0.25, 0.3) is 0 Å². The van der Waals surface area contributed by atoms with Crippen LogP contribution in [0.1, 0.15) is 19.3 Å². The van der Waals surface area contributed by atoms with E-state index in [-0.39, 0.29) is 23.4 Å². The van der Waals surface area contributed by atoms with Gasteiger partial charge in [0.1, 0.15) is 0 Å². The van der Waals surface area contributed by atoms with Gasteiger partial charge in [-0.15, -0.1) is 12.4 Å². The molecule has 0 aliphatic carbocycles. The van der Waals surface area contributed by atoms with Gasteiger partial charge in [0.05, 0.1) is 11.0 Å². The largest absolute Gasteiger partial charge is 0.378 e. The number of ether oxygens (including phenoxy) is 1. The van der Waals surface area contributed by atoms with Crippen LogP contribution in [0.3, 0.4) is 0 Å². The van der Waals surface area contributed by atoms with Crippen molar-refractivity contribution >= 4 is 34.0 Å². The fraction of sp³-hybridized carbons (Fsp3) is 0.571. The van der Waals surface area contributed by atoms with E-state index in [1.807, 2.05) is 0 Å². The first-order valence-corrected chi connectivity index (χ1v) is 8.93. The summed E-state index contributed by atoms with van der Waals surface area (Å²) in [4.78, 5) is 0.248. The average Bonchev–Trinajstić information content (AvgIpc) is 2.48. The molecule has 22 heavy (non-hydrogen) atoms. The van der Waals surface area contributed by atoms with Gasteiger partial charge >= 0.3 is 0 Å². The van der Waals surface area contributed by atoms with Crippen LogP contribution in [0.5, 0.6) is 0 Å². The summed E-state index contributed by atoms with van der Waals surface area (Å²) in [7, 11) is -3.46. The highest BCUT2D eigenvalue weighted by Crippen LogP contribution is 2.23. The van der Waals surface area contributed by atoms with E-state index in [0.717, 1.165) is 6.42 Å². The van der Waals surface area contributed by atoms with Gasteiger partial charge in [-0.1, -0.05) is 17.7 Å². The van der Waals surface area contributed by atoms with Gasteiger partial charge in [-0.3, -0.25) is 0 Å². The molecule has 0 amide bonds. The van der Waals surface area contributed by atoms with Gasteiger partial charge in [-0.2, -0.15) is 4.31 Å². The molecular formula is C14H22Cl2N2O3S. The highest BCUT2D eigenvalue weighted by Gasteiger charge is 2.29. The Morgan fingerprint density at radius 2 is 2.00 bits per heavy atom. The average molecular weight is 369 g/mol. The Kier molecular flexibility index (Phi) is 8.10. The first-order chi connectivity index (χ1) is 10.0. The summed E-state index contributed by atoms with van der Waals surface area (Å²) >= 11 is 5.87. The molecule has 5 nitrogen and oxygen atoms in total. The molecule has 1 aromatic rings. The Morgan fingerprint density at radius 3 is 2.59 bits per heavy atom. The van der Waals surface area contributed by atoms with Crippen LogP contribution in [0.25, 0.3) is 0 Å². The summed E-state index contributed by atoms with van der Waals surface area (Å²) in [5.41, 5.74) is 5.42. The summed E-state index contributed by atoms with van der Waals surface area (Å²) in [5, 5.41) is 0.427. The minimum Gasteiger partial charge on any atom is -0.378 e. The van der Waals surface area contributed by atoms with Gasteiger partial charge in [-0.05, 0) is 44.0 Å². The van der Waals surface area contributed by atoms with E-state index in [4.69, 9.17) is 22.1 Å².